The van der Waals surface area contributed by atoms with Gasteiger partial charge in [-0.15, -0.1) is 5.17 Å². The van der Waals surface area contributed by atoms with Gasteiger partial charge in [0.1, 0.15) is 0 Å². The first-order valence-electron chi connectivity index (χ1n) is 1.45. The molecule has 0 aromatic rings. The molecule has 0 amide bonds. The summed E-state index contributed by atoms with van der Waals surface area (Å²) in [4.78, 5) is 0. The third-order valence-corrected chi connectivity index (χ3v) is 0.300. The van der Waals surface area contributed by atoms with Gasteiger partial charge in [-0.3, -0.25) is 5.21 Å². The highest BCUT2D eigenvalue weighted by Gasteiger charge is 1.76. The molecule has 2 N–H and O–H groups in total. The van der Waals surface area contributed by atoms with E-state index in [4.69, 9.17) is 11.0 Å². The zero-order valence-corrected chi connectivity index (χ0v) is 3.10. The third-order valence-electron chi connectivity index (χ3n) is 0.300. The second-order valence-electron chi connectivity index (χ2n) is 0.716. The van der Waals surface area contributed by atoms with Crippen molar-refractivity contribution in [1.29, 1.82) is 0 Å². The van der Waals surface area contributed by atoms with Crippen molar-refractivity contribution in [2.45, 2.75) is 6.92 Å². The Labute approximate surface area is 30.9 Å². The Morgan fingerprint density at radius 1 is 2.00 bits per heavy atom. The molecule has 0 rings (SSSR count). The molecule has 0 heterocycles. The third kappa shape index (κ3) is 3.88. The highest BCUT2D eigenvalue weighted by molar-refractivity contribution is 4.09. The van der Waals surface area contributed by atoms with Crippen molar-refractivity contribution >= 4 is 0 Å². The molecule has 0 fully saturated rings. The number of nitrogens with zero attached hydrogens (tertiary/aromatic N) is 1. The highest BCUT2D eigenvalue weighted by atomic mass is 16.5. The van der Waals surface area contributed by atoms with Gasteiger partial charge in [0.15, 0.2) is 0 Å². The minimum atomic E-state index is 0.361. The van der Waals surface area contributed by atoms with E-state index in [-0.39, 0.29) is 0 Å². The molecule has 0 saturated heterocycles. The fourth-order valence-electron chi connectivity index (χ4n) is 0. The standard InChI is InChI=1S/C2H7N2O/c1-2-4(3)5/h3,5H,2H2,1H3. The molecule has 0 aliphatic heterocycles. The smallest absolute Gasteiger partial charge is 0.0384 e. The first-order valence-corrected chi connectivity index (χ1v) is 1.45. The van der Waals surface area contributed by atoms with E-state index < -0.39 is 0 Å². The molecule has 5 heavy (non-hydrogen) atoms. The van der Waals surface area contributed by atoms with Crippen molar-refractivity contribution in [3.63, 3.8) is 0 Å². The van der Waals surface area contributed by atoms with E-state index in [0.29, 0.717) is 11.7 Å². The van der Waals surface area contributed by atoms with Crippen molar-refractivity contribution in [3.8, 4) is 0 Å². The predicted octanol–water partition coefficient (Wildman–Crippen LogP) is -0.105. The van der Waals surface area contributed by atoms with Gasteiger partial charge in [0.25, 0.3) is 0 Å². The zero-order chi connectivity index (χ0) is 4.28. The summed E-state index contributed by atoms with van der Waals surface area (Å²) in [5.41, 5.74) is 0. The minimum Gasteiger partial charge on any atom is -0.298 e. The van der Waals surface area contributed by atoms with Crippen LogP contribution in [0.2, 0.25) is 0 Å². The quantitative estimate of drug-likeness (QED) is 0.442. The van der Waals surface area contributed by atoms with Gasteiger partial charge in [-0.2, -0.15) is 5.84 Å². The molecule has 3 nitrogen and oxygen atoms in total. The van der Waals surface area contributed by atoms with E-state index >= 15 is 0 Å². The lowest BCUT2D eigenvalue weighted by Crippen LogP contribution is -2.13. The minimum absolute atomic E-state index is 0.361. The summed E-state index contributed by atoms with van der Waals surface area (Å²) in [6.07, 6.45) is 0. The van der Waals surface area contributed by atoms with Crippen LogP contribution in [0, 0.1) is 0 Å². The van der Waals surface area contributed by atoms with Gasteiger partial charge >= 0.3 is 0 Å². The van der Waals surface area contributed by atoms with E-state index in [2.05, 4.69) is 0 Å². The number of hydroxylamine groups is 1. The van der Waals surface area contributed by atoms with Gasteiger partial charge in [0.2, 0.25) is 0 Å². The van der Waals surface area contributed by atoms with E-state index in [1.807, 2.05) is 0 Å². The fraction of sp³-hybridized carbons (Fsp3) is 1.00. The lowest BCUT2D eigenvalue weighted by molar-refractivity contribution is -0.0977. The van der Waals surface area contributed by atoms with Crippen LogP contribution in [0.4, 0.5) is 0 Å². The van der Waals surface area contributed by atoms with E-state index in [0.717, 1.165) is 0 Å². The highest BCUT2D eigenvalue weighted by Crippen LogP contribution is 1.60. The average Bonchev–Trinajstić information content (AvgIpc) is 1.38. The van der Waals surface area contributed by atoms with Gasteiger partial charge in [-0.25, -0.2) is 0 Å². The maximum Gasteiger partial charge on any atom is 0.0384 e. The summed E-state index contributed by atoms with van der Waals surface area (Å²) in [6.45, 7) is 2.05. The second-order valence-corrected chi connectivity index (χ2v) is 0.716. The Kier molecular flexibility index (Phi) is 2.09. The van der Waals surface area contributed by atoms with Crippen LogP contribution in [0.25, 0.3) is 0 Å². The summed E-state index contributed by atoms with van der Waals surface area (Å²) in [5, 5.41) is 8.24. The fourth-order valence-corrected chi connectivity index (χ4v) is 0. The molecule has 0 aliphatic rings. The summed E-state index contributed by atoms with van der Waals surface area (Å²) >= 11 is 0. The Bertz CT molecular complexity index is 21.6. The molecule has 0 unspecified atom stereocenters. The van der Waals surface area contributed by atoms with Crippen LogP contribution < -0.4 is 5.84 Å². The maximum absolute atomic E-state index is 7.86. The van der Waals surface area contributed by atoms with Crippen LogP contribution in [0.15, 0.2) is 0 Å². The number of hydrogen-bond donors (Lipinski definition) is 1. The Balaban J connectivity index is 2.54. The van der Waals surface area contributed by atoms with Crippen molar-refractivity contribution in [3.05, 3.63) is 0 Å². The molecule has 31 valence electrons. The van der Waals surface area contributed by atoms with Crippen molar-refractivity contribution in [2.75, 3.05) is 6.54 Å². The van der Waals surface area contributed by atoms with Crippen molar-refractivity contribution < 1.29 is 5.21 Å². The molecular formula is C2H7N2O. The van der Waals surface area contributed by atoms with Gasteiger partial charge in [-0.05, 0) is 6.92 Å². The normalized spacial score (nSPS) is 9.60. The van der Waals surface area contributed by atoms with Crippen molar-refractivity contribution in [1.82, 2.24) is 11.0 Å². The summed E-state index contributed by atoms with van der Waals surface area (Å²) in [6, 6.07) is 0. The average molecular weight is 75.1 g/mol. The van der Waals surface area contributed by atoms with E-state index in [1.54, 1.807) is 6.92 Å². The SMILES string of the molecule is CCN([NH])O. The lowest BCUT2D eigenvalue weighted by atomic mass is 10.8. The Morgan fingerprint density at radius 3 is 2.20 bits per heavy atom. The molecule has 0 aromatic carbocycles. The number of rotatable bonds is 1. The lowest BCUT2D eigenvalue weighted by Gasteiger charge is -1.95. The van der Waals surface area contributed by atoms with E-state index in [9.17, 15) is 0 Å². The molecule has 0 atom stereocenters. The Morgan fingerprint density at radius 2 is 2.20 bits per heavy atom. The molecule has 0 aromatic heterocycles. The molecule has 1 radical (unpaired) electrons. The molecule has 0 saturated carbocycles. The van der Waals surface area contributed by atoms with Gasteiger partial charge in [0.05, 0.1) is 0 Å². The monoisotopic (exact) mass is 75.1 g/mol. The molecule has 0 spiro atoms. The zero-order valence-electron chi connectivity index (χ0n) is 3.10. The van der Waals surface area contributed by atoms with Crippen LogP contribution in [-0.4, -0.2) is 16.9 Å². The topological polar surface area (TPSA) is 47.3 Å². The van der Waals surface area contributed by atoms with Gasteiger partial charge < -0.3 is 0 Å². The maximum atomic E-state index is 7.86. The first kappa shape index (κ1) is 4.88. The second kappa shape index (κ2) is 2.14. The van der Waals surface area contributed by atoms with Crippen LogP contribution in [0.3, 0.4) is 0 Å². The predicted molar refractivity (Wildman–Crippen MR) is 17.3 cm³/mol. The van der Waals surface area contributed by atoms with Gasteiger partial charge in [-0.1, -0.05) is 0 Å². The van der Waals surface area contributed by atoms with Crippen molar-refractivity contribution in [2.24, 2.45) is 0 Å². The Hall–Kier alpha value is -0.120. The molecule has 3 heteroatoms. The van der Waals surface area contributed by atoms with E-state index in [1.165, 1.54) is 0 Å². The first-order chi connectivity index (χ1) is 2.27. The van der Waals surface area contributed by atoms with Crippen LogP contribution in [-0.2, 0) is 0 Å². The van der Waals surface area contributed by atoms with Crippen LogP contribution in [0.1, 0.15) is 6.92 Å². The summed E-state index contributed by atoms with van der Waals surface area (Å²) in [7, 11) is 0. The number of nitrogens with one attached hydrogen (secondary N) is 1. The summed E-state index contributed by atoms with van der Waals surface area (Å²) in [5.74, 6) is 6.22. The number of hydrogen-bond acceptors (Lipinski definition) is 2. The molecule has 0 aliphatic carbocycles. The molecular weight excluding hydrogens is 68.0 g/mol. The largest absolute Gasteiger partial charge is 0.298 e. The van der Waals surface area contributed by atoms with Crippen LogP contribution in [0.5, 0.6) is 0 Å². The summed E-state index contributed by atoms with van der Waals surface area (Å²) < 4.78 is 0. The van der Waals surface area contributed by atoms with Crippen LogP contribution >= 0.6 is 0 Å². The molecule has 0 bridgehead atoms. The van der Waals surface area contributed by atoms with Gasteiger partial charge in [0, 0.05) is 6.54 Å².